The van der Waals surface area contributed by atoms with E-state index in [4.69, 9.17) is 16.3 Å². The Hall–Kier alpha value is -2.08. The number of fused-ring (bicyclic) bond motifs is 1. The van der Waals surface area contributed by atoms with Crippen LogP contribution < -0.4 is 0 Å². The van der Waals surface area contributed by atoms with Gasteiger partial charge in [0.25, 0.3) is 5.69 Å². The van der Waals surface area contributed by atoms with Gasteiger partial charge in [0.15, 0.2) is 0 Å². The fourth-order valence-electron chi connectivity index (χ4n) is 1.93. The van der Waals surface area contributed by atoms with Crippen molar-refractivity contribution in [2.45, 2.75) is 6.92 Å². The van der Waals surface area contributed by atoms with Crippen molar-refractivity contribution < 1.29 is 14.5 Å². The number of ether oxygens (including phenoxy) is 1. The normalized spacial score (nSPS) is 10.7. The summed E-state index contributed by atoms with van der Waals surface area (Å²) in [6.45, 7) is 1.93. The molecule has 0 atom stereocenters. The van der Waals surface area contributed by atoms with Gasteiger partial charge in [0.05, 0.1) is 22.1 Å². The highest BCUT2D eigenvalue weighted by Crippen LogP contribution is 2.32. The van der Waals surface area contributed by atoms with Crippen molar-refractivity contribution in [1.29, 1.82) is 0 Å². The molecule has 1 heterocycles. The summed E-state index contributed by atoms with van der Waals surface area (Å²) in [4.78, 5) is 22.1. The Morgan fingerprint density at radius 3 is 2.79 bits per heavy atom. The lowest BCUT2D eigenvalue weighted by atomic mass is 10.2. The van der Waals surface area contributed by atoms with E-state index in [9.17, 15) is 14.9 Å². The molecule has 7 heteroatoms. The smallest absolute Gasteiger partial charge is 0.356 e. The van der Waals surface area contributed by atoms with Crippen molar-refractivity contribution in [1.82, 2.24) is 4.57 Å². The Kier molecular flexibility index (Phi) is 3.44. The highest BCUT2D eigenvalue weighted by molar-refractivity contribution is 6.38. The van der Waals surface area contributed by atoms with Crippen LogP contribution in [0.25, 0.3) is 10.9 Å². The molecule has 2 aromatic rings. The number of non-ortho nitro benzene ring substituents is 1. The maximum absolute atomic E-state index is 11.8. The fraction of sp³-hybridized carbons (Fsp3) is 0.250. The number of benzene rings is 1. The molecule has 0 radical (unpaired) electrons. The monoisotopic (exact) mass is 282 g/mol. The van der Waals surface area contributed by atoms with Gasteiger partial charge in [0.2, 0.25) is 0 Å². The van der Waals surface area contributed by atoms with Crippen LogP contribution in [-0.4, -0.2) is 22.1 Å². The summed E-state index contributed by atoms with van der Waals surface area (Å²) in [5.74, 6) is -0.547. The van der Waals surface area contributed by atoms with Crippen molar-refractivity contribution in [3.63, 3.8) is 0 Å². The predicted molar refractivity (Wildman–Crippen MR) is 70.5 cm³/mol. The summed E-state index contributed by atoms with van der Waals surface area (Å²) in [6, 6.07) is 4.27. The van der Waals surface area contributed by atoms with Gasteiger partial charge in [-0.25, -0.2) is 4.79 Å². The SMILES string of the molecule is CCOC(=O)c1c(Cl)c2cc([N+](=O)[O-])ccc2n1C. The van der Waals surface area contributed by atoms with Crippen LogP contribution in [0.5, 0.6) is 0 Å². The van der Waals surface area contributed by atoms with Crippen molar-refractivity contribution >= 4 is 34.2 Å². The first-order valence-corrected chi connectivity index (χ1v) is 5.94. The van der Waals surface area contributed by atoms with Gasteiger partial charge in [0.1, 0.15) is 5.69 Å². The second kappa shape index (κ2) is 4.89. The molecule has 0 aliphatic heterocycles. The number of nitrogens with zero attached hydrogens (tertiary/aromatic N) is 2. The van der Waals surface area contributed by atoms with E-state index in [1.54, 1.807) is 24.6 Å². The maximum atomic E-state index is 11.8. The van der Waals surface area contributed by atoms with Gasteiger partial charge in [-0.2, -0.15) is 0 Å². The number of esters is 1. The van der Waals surface area contributed by atoms with E-state index in [0.29, 0.717) is 10.9 Å². The van der Waals surface area contributed by atoms with Gasteiger partial charge < -0.3 is 9.30 Å². The second-order valence-electron chi connectivity index (χ2n) is 3.90. The lowest BCUT2D eigenvalue weighted by Crippen LogP contribution is -2.10. The topological polar surface area (TPSA) is 74.4 Å². The molecular weight excluding hydrogens is 272 g/mol. The molecule has 2 rings (SSSR count). The Morgan fingerprint density at radius 1 is 1.53 bits per heavy atom. The summed E-state index contributed by atoms with van der Waals surface area (Å²) in [7, 11) is 1.66. The molecule has 19 heavy (non-hydrogen) atoms. The number of nitro benzene ring substituents is 1. The lowest BCUT2D eigenvalue weighted by Gasteiger charge is -2.03. The molecule has 6 nitrogen and oxygen atoms in total. The second-order valence-corrected chi connectivity index (χ2v) is 4.28. The average Bonchev–Trinajstić information content (AvgIpc) is 2.62. The molecule has 0 amide bonds. The van der Waals surface area contributed by atoms with E-state index in [-0.39, 0.29) is 23.0 Å². The molecule has 0 fully saturated rings. The third kappa shape index (κ3) is 2.15. The summed E-state index contributed by atoms with van der Waals surface area (Å²) in [5.41, 5.74) is 0.757. The number of aryl methyl sites for hydroxylation is 1. The maximum Gasteiger partial charge on any atom is 0.356 e. The minimum absolute atomic E-state index is 0.0737. The zero-order valence-electron chi connectivity index (χ0n) is 10.3. The van der Waals surface area contributed by atoms with Gasteiger partial charge in [-0.3, -0.25) is 10.1 Å². The van der Waals surface area contributed by atoms with E-state index < -0.39 is 10.9 Å². The van der Waals surface area contributed by atoms with Crippen molar-refractivity contribution in [3.05, 3.63) is 39.0 Å². The third-order valence-corrected chi connectivity index (χ3v) is 3.18. The minimum Gasteiger partial charge on any atom is -0.461 e. The lowest BCUT2D eigenvalue weighted by molar-refractivity contribution is -0.384. The highest BCUT2D eigenvalue weighted by Gasteiger charge is 2.22. The molecule has 0 aliphatic rings. The molecule has 0 saturated heterocycles. The predicted octanol–water partition coefficient (Wildman–Crippen LogP) is 2.92. The van der Waals surface area contributed by atoms with Crippen LogP contribution in [0.4, 0.5) is 5.69 Å². The molecule has 0 saturated carbocycles. The Morgan fingerprint density at radius 2 is 2.21 bits per heavy atom. The molecular formula is C12H11ClN2O4. The first kappa shape index (κ1) is 13.4. The van der Waals surface area contributed by atoms with Crippen molar-refractivity contribution in [2.24, 2.45) is 7.05 Å². The summed E-state index contributed by atoms with van der Waals surface area (Å²) >= 11 is 6.13. The Labute approximate surface area is 113 Å². The van der Waals surface area contributed by atoms with Crippen LogP contribution in [0.2, 0.25) is 5.02 Å². The largest absolute Gasteiger partial charge is 0.461 e. The van der Waals surface area contributed by atoms with Crippen molar-refractivity contribution in [2.75, 3.05) is 6.61 Å². The van der Waals surface area contributed by atoms with E-state index in [0.717, 1.165) is 0 Å². The molecule has 0 aliphatic carbocycles. The molecule has 0 N–H and O–H groups in total. The van der Waals surface area contributed by atoms with Crippen LogP contribution in [0, 0.1) is 10.1 Å². The third-order valence-electron chi connectivity index (χ3n) is 2.80. The number of rotatable bonds is 3. The molecule has 0 bridgehead atoms. The van der Waals surface area contributed by atoms with E-state index in [1.165, 1.54) is 12.1 Å². The van der Waals surface area contributed by atoms with Crippen molar-refractivity contribution in [3.8, 4) is 0 Å². The van der Waals surface area contributed by atoms with Gasteiger partial charge in [0, 0.05) is 24.6 Å². The van der Waals surface area contributed by atoms with E-state index in [1.807, 2.05) is 0 Å². The van der Waals surface area contributed by atoms with Crippen LogP contribution in [0.15, 0.2) is 18.2 Å². The molecule has 1 aromatic carbocycles. The van der Waals surface area contributed by atoms with Gasteiger partial charge in [-0.15, -0.1) is 0 Å². The first-order valence-electron chi connectivity index (χ1n) is 5.56. The highest BCUT2D eigenvalue weighted by atomic mass is 35.5. The summed E-state index contributed by atoms with van der Waals surface area (Å²) < 4.78 is 6.49. The summed E-state index contributed by atoms with van der Waals surface area (Å²) in [6.07, 6.45) is 0. The number of carbonyl (C=O) groups excluding carboxylic acids is 1. The first-order chi connectivity index (χ1) is 8.97. The number of nitro groups is 1. The van der Waals surface area contributed by atoms with Crippen LogP contribution in [0.3, 0.4) is 0 Å². The quantitative estimate of drug-likeness (QED) is 0.493. The van der Waals surface area contributed by atoms with E-state index in [2.05, 4.69) is 0 Å². The van der Waals surface area contributed by atoms with Crippen LogP contribution in [0.1, 0.15) is 17.4 Å². The van der Waals surface area contributed by atoms with Gasteiger partial charge in [-0.05, 0) is 13.0 Å². The van der Waals surface area contributed by atoms with E-state index >= 15 is 0 Å². The number of hydrogen-bond acceptors (Lipinski definition) is 4. The molecule has 100 valence electrons. The Balaban J connectivity index is 2.68. The van der Waals surface area contributed by atoms with Crippen LogP contribution >= 0.6 is 11.6 Å². The Bertz CT molecular complexity index is 678. The summed E-state index contributed by atoms with van der Waals surface area (Å²) in [5, 5.41) is 11.4. The zero-order chi connectivity index (χ0) is 14.2. The molecule has 0 unspecified atom stereocenters. The molecule has 1 aromatic heterocycles. The number of carbonyl (C=O) groups is 1. The number of aromatic nitrogens is 1. The molecule has 0 spiro atoms. The number of hydrogen-bond donors (Lipinski definition) is 0. The number of halogens is 1. The van der Waals surface area contributed by atoms with Crippen LogP contribution in [-0.2, 0) is 11.8 Å². The zero-order valence-corrected chi connectivity index (χ0v) is 11.1. The van der Waals surface area contributed by atoms with Gasteiger partial charge >= 0.3 is 5.97 Å². The fourth-order valence-corrected chi connectivity index (χ4v) is 2.28. The van der Waals surface area contributed by atoms with Gasteiger partial charge in [-0.1, -0.05) is 11.6 Å². The standard InChI is InChI=1S/C12H11ClN2O4/c1-3-19-12(16)11-10(13)8-6-7(15(17)18)4-5-9(8)14(11)2/h4-6H,3H2,1-2H3. The average molecular weight is 283 g/mol. The minimum atomic E-state index is -0.547.